The molecular formula is C82H103ClN18O16. The Labute approximate surface area is 681 Å². The average molecular weight is 1630 g/mol. The number of carbonyl (C=O) groups is 15. The normalized spacial score (nSPS) is 16.0. The smallest absolute Gasteiger partial charge is 0.322 e. The number of hydrogen-bond acceptors (Lipinski definition) is 18. The van der Waals surface area contributed by atoms with Crippen LogP contribution in [0.25, 0.3) is 10.8 Å². The second-order valence-electron chi connectivity index (χ2n) is 29.8. The number of carbonyl (C=O) groups excluding carboxylic acids is 15. The molecule has 2 aliphatic heterocycles. The molecule has 1 aromatic heterocycles. The molecule has 11 atom stereocenters. The number of amides is 17. The number of nitrogens with one attached hydrogen (secondary N) is 14. The topological polar surface area (TPSA) is 513 Å². The van der Waals surface area contributed by atoms with E-state index in [0.29, 0.717) is 58.6 Å². The Morgan fingerprint density at radius 2 is 1.03 bits per heavy atom. The minimum atomic E-state index is -1.92. The maximum absolute atomic E-state index is 15.4. The van der Waals surface area contributed by atoms with Gasteiger partial charge in [0.25, 0.3) is 5.91 Å². The van der Waals surface area contributed by atoms with E-state index in [9.17, 15) is 67.4 Å². The van der Waals surface area contributed by atoms with Gasteiger partial charge in [-0.2, -0.15) is 0 Å². The lowest BCUT2D eigenvalue weighted by Gasteiger charge is -2.31. The van der Waals surface area contributed by atoms with Gasteiger partial charge in [0, 0.05) is 80.4 Å². The first kappa shape index (κ1) is 90.1. The van der Waals surface area contributed by atoms with Gasteiger partial charge >= 0.3 is 12.1 Å². The Morgan fingerprint density at radius 1 is 0.547 bits per heavy atom. The number of imide groups is 1. The Balaban J connectivity index is 1.09. The molecule has 0 aliphatic carbocycles. The predicted octanol–water partition coefficient (Wildman–Crippen LogP) is 1.51. The van der Waals surface area contributed by atoms with Crippen molar-refractivity contribution in [3.63, 3.8) is 0 Å². The molecule has 35 heteroatoms. The third-order valence-corrected chi connectivity index (χ3v) is 19.7. The highest BCUT2D eigenvalue weighted by atomic mass is 35.5. The number of primary amides is 2. The molecule has 624 valence electrons. The number of pyridine rings is 1. The Hall–Kier alpha value is -12.4. The molecule has 2 saturated heterocycles. The van der Waals surface area contributed by atoms with E-state index in [2.05, 4.69) is 79.4 Å². The molecule has 8 rings (SSSR count). The van der Waals surface area contributed by atoms with Crippen molar-refractivity contribution < 1.29 is 77.0 Å². The van der Waals surface area contributed by atoms with Crippen LogP contribution in [0.1, 0.15) is 114 Å². The van der Waals surface area contributed by atoms with Gasteiger partial charge in [0.05, 0.1) is 13.0 Å². The van der Waals surface area contributed by atoms with Crippen LogP contribution in [0, 0.1) is 5.92 Å². The first-order valence-corrected chi connectivity index (χ1v) is 39.1. The highest BCUT2D eigenvalue weighted by Gasteiger charge is 2.41. The van der Waals surface area contributed by atoms with Gasteiger partial charge in [-0.15, -0.1) is 0 Å². The number of urea groups is 2. The predicted molar refractivity (Wildman–Crippen MR) is 434 cm³/mol. The lowest BCUT2D eigenvalue weighted by atomic mass is 9.99. The van der Waals surface area contributed by atoms with Crippen LogP contribution in [0.4, 0.5) is 21.0 Å². The minimum Gasteiger partial charge on any atom is -0.394 e. The molecule has 2 fully saturated rings. The van der Waals surface area contributed by atoms with Gasteiger partial charge in [-0.25, -0.2) is 9.59 Å². The summed E-state index contributed by atoms with van der Waals surface area (Å²) in [7, 11) is 0. The molecule has 2 aliphatic rings. The number of hydrogen-bond donors (Lipinski definition) is 17. The quantitative estimate of drug-likeness (QED) is 0.0191. The maximum Gasteiger partial charge on any atom is 0.322 e. The molecular weight excluding hydrogens is 1530 g/mol. The lowest BCUT2D eigenvalue weighted by Crippen LogP contribution is -2.62. The van der Waals surface area contributed by atoms with E-state index < -0.39 is 175 Å². The number of fused-ring (bicyclic) bond motifs is 1. The molecule has 34 nitrogen and oxygen atoms in total. The number of unbranched alkanes of at least 4 members (excludes halogenated alkanes) is 1. The summed E-state index contributed by atoms with van der Waals surface area (Å²) in [5.41, 5.74) is 13.6. The fraction of sp³-hybridized carbons (Fsp3) is 0.415. The Morgan fingerprint density at radius 3 is 1.54 bits per heavy atom. The minimum absolute atomic E-state index is 0.00491. The first-order chi connectivity index (χ1) is 55.8. The Kier molecular flexibility index (Phi) is 33.8. The summed E-state index contributed by atoms with van der Waals surface area (Å²) in [5.74, 6) is -10.9. The number of anilines is 2. The van der Waals surface area contributed by atoms with Crippen molar-refractivity contribution in [2.24, 2.45) is 17.4 Å². The molecule has 3 heterocycles. The highest BCUT2D eigenvalue weighted by molar-refractivity contribution is 6.30. The third-order valence-electron chi connectivity index (χ3n) is 19.4. The van der Waals surface area contributed by atoms with Gasteiger partial charge < -0.3 is 90.6 Å². The van der Waals surface area contributed by atoms with Gasteiger partial charge in [-0.1, -0.05) is 124 Å². The van der Waals surface area contributed by atoms with E-state index in [1.54, 1.807) is 50.2 Å². The van der Waals surface area contributed by atoms with Crippen molar-refractivity contribution in [3.8, 4) is 0 Å². The zero-order valence-electron chi connectivity index (χ0n) is 65.9. The van der Waals surface area contributed by atoms with Gasteiger partial charge in [0.2, 0.25) is 70.9 Å². The SMILES string of the molecule is CC(=O)N[C@H](Cc1ccc2ccccc2c1)C(=O)N[C@H](Cc1ccc(Cl)cc1)C(=O)N[C@H](Cc1cccnc1)C(=O)N[C@@H](CO)C(=O)N[C@@H](Cc1ccc(NC(=O)C[C@H]2NC(=O)NC2=O)cc1)C(=O)N[C@H](Cc1ccc(NC(N)=O)cc1)C(=O)N[C@@H](CC(C)C)C(=O)N[C@@H](CCCCNC(C)C)C(=O)N1CCC[C@H]1C(=O)N[C@H](C)C(N)=O. The van der Waals surface area contributed by atoms with E-state index >= 15 is 9.59 Å². The first-order valence-electron chi connectivity index (χ1n) is 38.7. The van der Waals surface area contributed by atoms with Crippen LogP contribution in [0.5, 0.6) is 0 Å². The van der Waals surface area contributed by atoms with E-state index in [0.717, 1.165) is 10.8 Å². The van der Waals surface area contributed by atoms with Crippen molar-refractivity contribution >= 4 is 123 Å². The summed E-state index contributed by atoms with van der Waals surface area (Å²) >= 11 is 6.27. The number of benzene rings is 5. The van der Waals surface area contributed by atoms with Crippen molar-refractivity contribution in [3.05, 3.63) is 173 Å². The number of rotatable bonds is 42. The molecule has 0 radical (unpaired) electrons. The summed E-state index contributed by atoms with van der Waals surface area (Å²) in [6.45, 7) is 9.75. The van der Waals surface area contributed by atoms with Crippen molar-refractivity contribution in [1.29, 1.82) is 0 Å². The van der Waals surface area contributed by atoms with Crippen LogP contribution in [0.15, 0.2) is 140 Å². The van der Waals surface area contributed by atoms with Gasteiger partial charge in [-0.05, 0) is 139 Å². The summed E-state index contributed by atoms with van der Waals surface area (Å²) < 4.78 is 0. The molecule has 0 spiro atoms. The molecule has 0 bridgehead atoms. The highest BCUT2D eigenvalue weighted by Crippen LogP contribution is 2.24. The largest absolute Gasteiger partial charge is 0.394 e. The summed E-state index contributed by atoms with van der Waals surface area (Å²) in [5, 5.41) is 50.4. The Bertz CT molecular complexity index is 4540. The van der Waals surface area contributed by atoms with Crippen LogP contribution >= 0.6 is 11.6 Å². The molecule has 0 saturated carbocycles. The van der Waals surface area contributed by atoms with Crippen LogP contribution in [0.3, 0.4) is 0 Å². The molecule has 17 amide bonds. The second-order valence-corrected chi connectivity index (χ2v) is 30.2. The van der Waals surface area contributed by atoms with E-state index in [-0.39, 0.29) is 74.8 Å². The molecule has 117 heavy (non-hydrogen) atoms. The summed E-state index contributed by atoms with van der Waals surface area (Å²) in [4.78, 5) is 213. The average Bonchev–Trinajstić information content (AvgIpc) is 1.78. The van der Waals surface area contributed by atoms with Gasteiger partial charge in [0.15, 0.2) is 0 Å². The molecule has 19 N–H and O–H groups in total. The van der Waals surface area contributed by atoms with Crippen LogP contribution in [-0.2, 0) is 94.4 Å². The number of nitrogens with two attached hydrogens (primary N) is 2. The molecule has 6 aromatic rings. The lowest BCUT2D eigenvalue weighted by molar-refractivity contribution is -0.142. The number of likely N-dealkylation sites (tertiary alicyclic amines) is 1. The van der Waals surface area contributed by atoms with E-state index in [4.69, 9.17) is 23.1 Å². The van der Waals surface area contributed by atoms with Crippen molar-refractivity contribution in [1.82, 2.24) is 73.7 Å². The number of nitrogens with zero attached hydrogens (tertiary/aromatic N) is 2. The van der Waals surface area contributed by atoms with Crippen LogP contribution in [-0.4, -0.2) is 196 Å². The third kappa shape index (κ3) is 28.5. The molecule has 5 aromatic carbocycles. The van der Waals surface area contributed by atoms with Crippen LogP contribution < -0.4 is 85.9 Å². The standard InChI is InChI=1S/C82H103ClN18O16/c1-45(2)35-60(71(106)92-59(16-9-10-33-87-46(3)4)80(115)101-34-12-17-68(101)79(114)88-47(5)70(84)105)93-73(108)63(38-51-23-30-58(31-24-51)91-81(85)116)95-75(110)64(39-50-21-28-57(29-22-50)90-69(104)42-66-77(112)100-82(117)99-66)97-78(113)67(44-102)98-76(111)65(41-53-13-11-32-86-43-53)96-74(109)62(37-49-19-26-56(83)27-20-49)94-72(107)61(89-48(6)103)40-52-18-25-54-14-7-8-15-55(54)36-52/h7-8,11,13-15,18-32,36,43,45-47,59-68,87,102H,9-10,12,16-17,33-35,37-42,44H2,1-6H3,(H2,84,105)(H,88,114)(H,89,103)(H,90,104)(H,92,106)(H,93,108)(H,94,107)(H,95,110)(H,96,109)(H,97,113)(H,98,111)(H3,85,91,116)(H2,99,100,112,117)/t47-,59+,60+,61-,62-,63-,64+,65-,66-,67+,68+/m1/s1. The molecule has 0 unspecified atom stereocenters. The fourth-order valence-electron chi connectivity index (χ4n) is 13.4. The summed E-state index contributed by atoms with van der Waals surface area (Å²) in [6.07, 6.45) is 2.99. The zero-order valence-corrected chi connectivity index (χ0v) is 66.6. The number of aliphatic hydroxyl groups is 1. The van der Waals surface area contributed by atoms with E-state index in [1.165, 1.54) is 79.7 Å². The second kappa shape index (κ2) is 43.9. The van der Waals surface area contributed by atoms with Crippen molar-refractivity contribution in [2.75, 3.05) is 30.3 Å². The monoisotopic (exact) mass is 1630 g/mol. The number of halogens is 1. The van der Waals surface area contributed by atoms with Crippen molar-refractivity contribution in [2.45, 2.75) is 191 Å². The number of aliphatic hydroxyl groups excluding tert-OH is 1. The van der Waals surface area contributed by atoms with E-state index in [1.807, 2.05) is 56.3 Å². The van der Waals surface area contributed by atoms with Gasteiger partial charge in [-0.3, -0.25) is 72.6 Å². The fourth-order valence-corrected chi connectivity index (χ4v) is 13.5. The zero-order chi connectivity index (χ0) is 85.0. The van der Waals surface area contributed by atoms with Gasteiger partial charge in [0.1, 0.15) is 66.5 Å². The van der Waals surface area contributed by atoms with Crippen LogP contribution in [0.2, 0.25) is 5.02 Å². The maximum atomic E-state index is 15.4. The number of aromatic nitrogens is 1. The summed E-state index contributed by atoms with van der Waals surface area (Å²) in [6, 6.07) is 17.6.